The quantitative estimate of drug-likeness (QED) is 0.558. The molecule has 0 aliphatic heterocycles. The summed E-state index contributed by atoms with van der Waals surface area (Å²) in [5.41, 5.74) is 1.90. The maximum atomic E-state index is 12.4. The van der Waals surface area contributed by atoms with Crippen molar-refractivity contribution < 1.29 is 14.3 Å². The number of imidazole rings is 1. The molecule has 6 nitrogen and oxygen atoms in total. The van der Waals surface area contributed by atoms with Gasteiger partial charge in [0.15, 0.2) is 0 Å². The molecule has 1 aromatic carbocycles. The zero-order valence-electron chi connectivity index (χ0n) is 15.1. The summed E-state index contributed by atoms with van der Waals surface area (Å²) in [6.07, 6.45) is 0.118. The lowest BCUT2D eigenvalue weighted by molar-refractivity contribution is -0.141. The van der Waals surface area contributed by atoms with Crippen molar-refractivity contribution in [1.29, 1.82) is 0 Å². The van der Waals surface area contributed by atoms with Crippen molar-refractivity contribution in [2.24, 2.45) is 0 Å². The van der Waals surface area contributed by atoms with Crippen LogP contribution in [0.2, 0.25) is 0 Å². The number of para-hydroxylation sites is 2. The van der Waals surface area contributed by atoms with E-state index in [-0.39, 0.29) is 35.3 Å². The van der Waals surface area contributed by atoms with Gasteiger partial charge in [0, 0.05) is 4.88 Å². The van der Waals surface area contributed by atoms with E-state index in [2.05, 4.69) is 15.3 Å². The topological polar surface area (TPSA) is 84.1 Å². The van der Waals surface area contributed by atoms with E-state index in [1.54, 1.807) is 0 Å². The van der Waals surface area contributed by atoms with Crippen molar-refractivity contribution in [2.75, 3.05) is 12.9 Å². The van der Waals surface area contributed by atoms with Gasteiger partial charge in [0.05, 0.1) is 41.6 Å². The van der Waals surface area contributed by atoms with Crippen LogP contribution in [0.15, 0.2) is 41.8 Å². The normalized spacial score (nSPS) is 13.3. The number of methoxy groups -OCH3 is 1. The predicted octanol–water partition coefficient (Wildman–Crippen LogP) is 3.84. The number of esters is 1. The number of rotatable bonds is 8. The molecule has 3 aromatic rings. The summed E-state index contributed by atoms with van der Waals surface area (Å²) in [5, 5.41) is 4.90. The van der Waals surface area contributed by atoms with E-state index in [9.17, 15) is 9.59 Å². The SMILES string of the molecule is COC(=O)CC(NC(=O)CSC(C)c1nc2ccccc2[nH]1)c1cccs1. The highest BCUT2D eigenvalue weighted by molar-refractivity contribution is 8.00. The van der Waals surface area contributed by atoms with E-state index in [0.717, 1.165) is 21.7 Å². The Bertz CT molecular complexity index is 875. The first-order valence-electron chi connectivity index (χ1n) is 8.52. The first-order valence-corrected chi connectivity index (χ1v) is 10.5. The van der Waals surface area contributed by atoms with Gasteiger partial charge in [-0.1, -0.05) is 18.2 Å². The van der Waals surface area contributed by atoms with Crippen LogP contribution in [0.4, 0.5) is 0 Å². The molecule has 2 N–H and O–H groups in total. The van der Waals surface area contributed by atoms with Crippen LogP contribution in [0.1, 0.15) is 35.3 Å². The zero-order valence-corrected chi connectivity index (χ0v) is 16.7. The number of amides is 1. The summed E-state index contributed by atoms with van der Waals surface area (Å²) >= 11 is 3.00. The molecule has 142 valence electrons. The minimum Gasteiger partial charge on any atom is -0.469 e. The third kappa shape index (κ3) is 5.11. The Kier molecular flexibility index (Phi) is 6.52. The molecule has 0 aliphatic carbocycles. The van der Waals surface area contributed by atoms with Crippen LogP contribution >= 0.6 is 23.1 Å². The number of benzene rings is 1. The summed E-state index contributed by atoms with van der Waals surface area (Å²) in [6.45, 7) is 2.01. The first-order chi connectivity index (χ1) is 13.1. The van der Waals surface area contributed by atoms with Crippen LogP contribution in [-0.4, -0.2) is 34.7 Å². The van der Waals surface area contributed by atoms with Crippen molar-refractivity contribution in [3.8, 4) is 0 Å². The second-order valence-corrected chi connectivity index (χ2v) is 8.32. The predicted molar refractivity (Wildman–Crippen MR) is 109 cm³/mol. The number of fused-ring (bicyclic) bond motifs is 1. The fraction of sp³-hybridized carbons (Fsp3) is 0.316. The van der Waals surface area contributed by atoms with E-state index < -0.39 is 0 Å². The molecule has 0 aliphatic rings. The Balaban J connectivity index is 1.57. The second-order valence-electron chi connectivity index (χ2n) is 6.01. The standard InChI is InChI=1S/C19H21N3O3S2/c1-12(19-21-13-6-3-4-7-14(13)22-19)27-11-17(23)20-15(10-18(24)25-2)16-8-5-9-26-16/h3-9,12,15H,10-11H2,1-2H3,(H,20,23)(H,21,22). The smallest absolute Gasteiger partial charge is 0.307 e. The molecule has 0 radical (unpaired) electrons. The highest BCUT2D eigenvalue weighted by Gasteiger charge is 2.21. The number of carbonyl (C=O) groups is 2. The van der Waals surface area contributed by atoms with Gasteiger partial charge in [-0.3, -0.25) is 9.59 Å². The van der Waals surface area contributed by atoms with Crippen LogP contribution in [0.5, 0.6) is 0 Å². The largest absolute Gasteiger partial charge is 0.469 e. The van der Waals surface area contributed by atoms with E-state index in [0.29, 0.717) is 0 Å². The summed E-state index contributed by atoms with van der Waals surface area (Å²) in [6, 6.07) is 11.3. The molecular weight excluding hydrogens is 382 g/mol. The summed E-state index contributed by atoms with van der Waals surface area (Å²) < 4.78 is 4.74. The van der Waals surface area contributed by atoms with Crippen molar-refractivity contribution in [2.45, 2.75) is 24.6 Å². The van der Waals surface area contributed by atoms with Gasteiger partial charge in [-0.2, -0.15) is 0 Å². The fourth-order valence-electron chi connectivity index (χ4n) is 2.64. The van der Waals surface area contributed by atoms with Crippen LogP contribution in [-0.2, 0) is 14.3 Å². The van der Waals surface area contributed by atoms with Gasteiger partial charge in [0.2, 0.25) is 5.91 Å². The zero-order chi connectivity index (χ0) is 19.2. The summed E-state index contributed by atoms with van der Waals surface area (Å²) in [5.74, 6) is 0.655. The van der Waals surface area contributed by atoms with Gasteiger partial charge in [-0.05, 0) is 30.5 Å². The Hall–Kier alpha value is -2.32. The van der Waals surface area contributed by atoms with Crippen LogP contribution in [0.3, 0.4) is 0 Å². The third-order valence-electron chi connectivity index (χ3n) is 4.08. The number of hydrogen-bond acceptors (Lipinski definition) is 6. The number of aromatic nitrogens is 2. The van der Waals surface area contributed by atoms with Crippen LogP contribution in [0.25, 0.3) is 11.0 Å². The molecule has 0 bridgehead atoms. The van der Waals surface area contributed by atoms with Gasteiger partial charge in [-0.25, -0.2) is 4.98 Å². The number of nitrogens with zero attached hydrogens (tertiary/aromatic N) is 1. The van der Waals surface area contributed by atoms with Crippen molar-refractivity contribution in [1.82, 2.24) is 15.3 Å². The first kappa shape index (κ1) is 19.4. The molecule has 0 spiro atoms. The molecule has 8 heteroatoms. The second kappa shape index (κ2) is 9.05. The lowest BCUT2D eigenvalue weighted by atomic mass is 10.1. The number of carbonyl (C=O) groups excluding carboxylic acids is 2. The minimum atomic E-state index is -0.368. The monoisotopic (exact) mass is 403 g/mol. The molecule has 0 fully saturated rings. The van der Waals surface area contributed by atoms with Gasteiger partial charge >= 0.3 is 5.97 Å². The Morgan fingerprint density at radius 3 is 2.81 bits per heavy atom. The van der Waals surface area contributed by atoms with E-state index in [1.165, 1.54) is 30.2 Å². The van der Waals surface area contributed by atoms with Gasteiger partial charge in [-0.15, -0.1) is 23.1 Å². The summed E-state index contributed by atoms with van der Waals surface area (Å²) in [4.78, 5) is 32.9. The molecule has 2 atom stereocenters. The van der Waals surface area contributed by atoms with E-state index in [4.69, 9.17) is 4.74 Å². The number of thioether (sulfide) groups is 1. The number of thiophene rings is 1. The van der Waals surface area contributed by atoms with Crippen molar-refractivity contribution in [3.63, 3.8) is 0 Å². The maximum Gasteiger partial charge on any atom is 0.307 e. The lowest BCUT2D eigenvalue weighted by Crippen LogP contribution is -2.31. The van der Waals surface area contributed by atoms with E-state index in [1.807, 2.05) is 48.7 Å². The van der Waals surface area contributed by atoms with Gasteiger partial charge in [0.25, 0.3) is 0 Å². The molecule has 1 amide bonds. The third-order valence-corrected chi connectivity index (χ3v) is 6.22. The molecule has 2 aromatic heterocycles. The average molecular weight is 404 g/mol. The molecule has 3 rings (SSSR count). The molecule has 0 saturated carbocycles. The minimum absolute atomic E-state index is 0.0453. The van der Waals surface area contributed by atoms with Gasteiger partial charge < -0.3 is 15.0 Å². The Morgan fingerprint density at radius 1 is 1.30 bits per heavy atom. The van der Waals surface area contributed by atoms with Crippen LogP contribution in [0, 0.1) is 0 Å². The highest BCUT2D eigenvalue weighted by Crippen LogP contribution is 2.28. The average Bonchev–Trinajstić information content (AvgIpc) is 3.34. The van der Waals surface area contributed by atoms with Crippen molar-refractivity contribution >= 4 is 46.0 Å². The number of ether oxygens (including phenoxy) is 1. The summed E-state index contributed by atoms with van der Waals surface area (Å²) in [7, 11) is 1.35. The lowest BCUT2D eigenvalue weighted by Gasteiger charge is -2.17. The number of hydrogen-bond donors (Lipinski definition) is 2. The van der Waals surface area contributed by atoms with Gasteiger partial charge in [0.1, 0.15) is 5.82 Å². The highest BCUT2D eigenvalue weighted by atomic mass is 32.2. The number of H-pyrrole nitrogens is 1. The fourth-order valence-corrected chi connectivity index (χ4v) is 4.18. The molecule has 0 saturated heterocycles. The number of nitrogens with one attached hydrogen (secondary N) is 2. The number of aromatic amines is 1. The molecule has 27 heavy (non-hydrogen) atoms. The van der Waals surface area contributed by atoms with Crippen molar-refractivity contribution in [3.05, 3.63) is 52.5 Å². The molecule has 2 heterocycles. The van der Waals surface area contributed by atoms with Crippen LogP contribution < -0.4 is 5.32 Å². The Morgan fingerprint density at radius 2 is 2.11 bits per heavy atom. The molecule has 2 unspecified atom stereocenters. The Labute approximate surface area is 165 Å². The molecular formula is C19H21N3O3S2. The van der Waals surface area contributed by atoms with E-state index >= 15 is 0 Å². The maximum absolute atomic E-state index is 12.4.